The first-order valence-electron chi connectivity index (χ1n) is 6.97. The van der Waals surface area contributed by atoms with Crippen molar-refractivity contribution in [2.45, 2.75) is 40.0 Å². The predicted octanol–water partition coefficient (Wildman–Crippen LogP) is 3.32. The van der Waals surface area contributed by atoms with Crippen LogP contribution >= 0.6 is 0 Å². The molecule has 0 heterocycles. The number of aryl methyl sites for hydroxylation is 1. The summed E-state index contributed by atoms with van der Waals surface area (Å²) >= 11 is 0. The number of hydrogen-bond acceptors (Lipinski definition) is 3. The van der Waals surface area contributed by atoms with Crippen molar-refractivity contribution in [3.63, 3.8) is 0 Å². The number of halogens is 2. The van der Waals surface area contributed by atoms with E-state index in [2.05, 4.69) is 5.32 Å². The van der Waals surface area contributed by atoms with E-state index in [9.17, 15) is 8.78 Å². The minimum Gasteiger partial charge on any atom is -0.351 e. The smallest absolute Gasteiger partial charge is 0.176 e. The normalized spacial score (nSPS) is 12.9. The first kappa shape index (κ1) is 17.0. The topological polar surface area (TPSA) is 30.5 Å². The van der Waals surface area contributed by atoms with E-state index < -0.39 is 24.0 Å². The molecule has 1 aromatic carbocycles. The molecule has 1 rings (SSSR count). The summed E-state index contributed by atoms with van der Waals surface area (Å²) < 4.78 is 38.9. The second-order valence-electron chi connectivity index (χ2n) is 4.41. The summed E-state index contributed by atoms with van der Waals surface area (Å²) in [6.45, 7) is 8.56. The van der Waals surface area contributed by atoms with E-state index in [0.717, 1.165) is 0 Å². The number of likely N-dealkylation sites (N-methyl/N-ethyl adjacent to an activating group) is 1. The van der Waals surface area contributed by atoms with E-state index in [-0.39, 0.29) is 11.1 Å². The average Bonchev–Trinajstić information content (AvgIpc) is 2.43. The van der Waals surface area contributed by atoms with Crippen molar-refractivity contribution in [3.8, 4) is 0 Å². The first-order chi connectivity index (χ1) is 9.56. The zero-order valence-corrected chi connectivity index (χ0v) is 12.5. The fourth-order valence-corrected chi connectivity index (χ4v) is 2.04. The Morgan fingerprint density at radius 3 is 2.15 bits per heavy atom. The third-order valence-corrected chi connectivity index (χ3v) is 3.00. The molecular weight excluding hydrogens is 264 g/mol. The highest BCUT2D eigenvalue weighted by Crippen LogP contribution is 2.26. The molecule has 0 aliphatic carbocycles. The molecule has 3 nitrogen and oxygen atoms in total. The highest BCUT2D eigenvalue weighted by atomic mass is 19.2. The third-order valence-electron chi connectivity index (χ3n) is 3.00. The Morgan fingerprint density at radius 1 is 1.05 bits per heavy atom. The van der Waals surface area contributed by atoms with E-state index in [1.807, 2.05) is 20.8 Å². The van der Waals surface area contributed by atoms with Gasteiger partial charge in [0.05, 0.1) is 6.04 Å². The molecule has 0 spiro atoms. The Labute approximate surface area is 119 Å². The third kappa shape index (κ3) is 3.98. The summed E-state index contributed by atoms with van der Waals surface area (Å²) in [5, 5.41) is 3.10. The number of benzene rings is 1. The van der Waals surface area contributed by atoms with E-state index in [1.54, 1.807) is 12.1 Å². The van der Waals surface area contributed by atoms with Crippen molar-refractivity contribution in [2.75, 3.05) is 19.8 Å². The van der Waals surface area contributed by atoms with Gasteiger partial charge in [0.1, 0.15) is 0 Å². The zero-order valence-electron chi connectivity index (χ0n) is 12.5. The van der Waals surface area contributed by atoms with Crippen LogP contribution in [-0.2, 0) is 9.47 Å². The van der Waals surface area contributed by atoms with Gasteiger partial charge in [-0.05, 0) is 32.9 Å². The average molecular weight is 287 g/mol. The van der Waals surface area contributed by atoms with E-state index in [1.165, 1.54) is 6.92 Å². The second kappa shape index (κ2) is 8.29. The highest BCUT2D eigenvalue weighted by Gasteiger charge is 2.27. The molecule has 0 bridgehead atoms. The van der Waals surface area contributed by atoms with Gasteiger partial charge in [0.2, 0.25) is 0 Å². The molecule has 1 unspecified atom stereocenters. The first-order valence-corrected chi connectivity index (χ1v) is 6.97. The molecule has 0 radical (unpaired) electrons. The maximum atomic E-state index is 14.2. The van der Waals surface area contributed by atoms with Crippen LogP contribution in [0.15, 0.2) is 12.1 Å². The molecule has 1 atom stereocenters. The van der Waals surface area contributed by atoms with Gasteiger partial charge in [-0.15, -0.1) is 0 Å². The van der Waals surface area contributed by atoms with E-state index >= 15 is 0 Å². The molecule has 0 aliphatic heterocycles. The van der Waals surface area contributed by atoms with Gasteiger partial charge in [0.25, 0.3) is 0 Å². The van der Waals surface area contributed by atoms with Crippen molar-refractivity contribution in [3.05, 3.63) is 34.9 Å². The molecule has 0 aliphatic rings. The van der Waals surface area contributed by atoms with Crippen LogP contribution in [0.1, 0.15) is 37.9 Å². The molecule has 0 amide bonds. The molecule has 0 saturated carbocycles. The molecular formula is C15H23F2NO2. The molecule has 0 saturated heterocycles. The molecule has 0 fully saturated rings. The Balaban J connectivity index is 3.14. The van der Waals surface area contributed by atoms with Crippen molar-refractivity contribution in [2.24, 2.45) is 0 Å². The molecule has 1 N–H and O–H groups in total. The van der Waals surface area contributed by atoms with Gasteiger partial charge in [0.15, 0.2) is 17.9 Å². The lowest BCUT2D eigenvalue weighted by Gasteiger charge is -2.28. The fourth-order valence-electron chi connectivity index (χ4n) is 2.04. The zero-order chi connectivity index (χ0) is 15.1. The Hall–Kier alpha value is -1.04. The summed E-state index contributed by atoms with van der Waals surface area (Å²) in [7, 11) is 0. The molecule has 5 heteroatoms. The van der Waals surface area contributed by atoms with E-state index in [4.69, 9.17) is 9.47 Å². The number of hydrogen-bond donors (Lipinski definition) is 1. The molecule has 0 aromatic heterocycles. The molecule has 114 valence electrons. The van der Waals surface area contributed by atoms with Crippen LogP contribution in [0.4, 0.5) is 8.78 Å². The SMILES string of the molecule is CCNC(c1ccc(C)c(F)c1F)C(OCC)OCC. The van der Waals surface area contributed by atoms with Gasteiger partial charge in [0, 0.05) is 18.8 Å². The maximum Gasteiger partial charge on any atom is 0.176 e. The van der Waals surface area contributed by atoms with Gasteiger partial charge >= 0.3 is 0 Å². The van der Waals surface area contributed by atoms with E-state index in [0.29, 0.717) is 19.8 Å². The van der Waals surface area contributed by atoms with Gasteiger partial charge in [-0.3, -0.25) is 0 Å². The van der Waals surface area contributed by atoms with Gasteiger partial charge in [-0.1, -0.05) is 19.1 Å². The standard InChI is InChI=1S/C15H23F2NO2/c1-5-18-14(15(19-6-2)20-7-3)11-9-8-10(4)12(16)13(11)17/h8-9,14-15,18H,5-7H2,1-4H3. The second-order valence-corrected chi connectivity index (χ2v) is 4.41. The number of nitrogens with one attached hydrogen (secondary N) is 1. The van der Waals surface area contributed by atoms with Crippen LogP contribution in [0.3, 0.4) is 0 Å². The van der Waals surface area contributed by atoms with Crippen molar-refractivity contribution < 1.29 is 18.3 Å². The van der Waals surface area contributed by atoms with Crippen LogP contribution in [0.5, 0.6) is 0 Å². The lowest BCUT2D eigenvalue weighted by atomic mass is 10.0. The maximum absolute atomic E-state index is 14.2. The monoisotopic (exact) mass is 287 g/mol. The number of ether oxygens (including phenoxy) is 2. The van der Waals surface area contributed by atoms with Gasteiger partial charge in [-0.25, -0.2) is 8.78 Å². The van der Waals surface area contributed by atoms with Crippen LogP contribution < -0.4 is 5.32 Å². The summed E-state index contributed by atoms with van der Waals surface area (Å²) in [5.41, 5.74) is 0.507. The lowest BCUT2D eigenvalue weighted by molar-refractivity contribution is -0.155. The minimum absolute atomic E-state index is 0.224. The van der Waals surface area contributed by atoms with Crippen LogP contribution in [0, 0.1) is 18.6 Å². The molecule has 20 heavy (non-hydrogen) atoms. The molecule has 1 aromatic rings. The largest absolute Gasteiger partial charge is 0.351 e. The summed E-state index contributed by atoms with van der Waals surface area (Å²) in [6, 6.07) is 2.59. The van der Waals surface area contributed by atoms with Crippen LogP contribution in [0.25, 0.3) is 0 Å². The van der Waals surface area contributed by atoms with Crippen LogP contribution in [-0.4, -0.2) is 26.0 Å². The van der Waals surface area contributed by atoms with Crippen molar-refractivity contribution in [1.82, 2.24) is 5.32 Å². The van der Waals surface area contributed by atoms with Crippen molar-refractivity contribution in [1.29, 1.82) is 0 Å². The Bertz CT molecular complexity index is 421. The summed E-state index contributed by atoms with van der Waals surface area (Å²) in [5.74, 6) is -1.67. The summed E-state index contributed by atoms with van der Waals surface area (Å²) in [4.78, 5) is 0. The van der Waals surface area contributed by atoms with Gasteiger partial charge in [-0.2, -0.15) is 0 Å². The van der Waals surface area contributed by atoms with Gasteiger partial charge < -0.3 is 14.8 Å². The Morgan fingerprint density at radius 2 is 1.65 bits per heavy atom. The lowest BCUT2D eigenvalue weighted by Crippen LogP contribution is -2.36. The minimum atomic E-state index is -0.847. The Kier molecular flexibility index (Phi) is 7.05. The number of rotatable bonds is 8. The summed E-state index contributed by atoms with van der Waals surface area (Å²) in [6.07, 6.45) is -0.651. The van der Waals surface area contributed by atoms with Crippen molar-refractivity contribution >= 4 is 0 Å². The highest BCUT2D eigenvalue weighted by molar-refractivity contribution is 5.28. The fraction of sp³-hybridized carbons (Fsp3) is 0.600. The predicted molar refractivity (Wildman–Crippen MR) is 74.6 cm³/mol. The van der Waals surface area contributed by atoms with Crippen LogP contribution in [0.2, 0.25) is 0 Å². The quantitative estimate of drug-likeness (QED) is 0.744.